The molecule has 0 spiro atoms. The Bertz CT molecular complexity index is 564. The highest BCUT2D eigenvalue weighted by Gasteiger charge is 2.10. The van der Waals surface area contributed by atoms with Crippen LogP contribution in [0, 0.1) is 0 Å². The van der Waals surface area contributed by atoms with Gasteiger partial charge in [-0.05, 0) is 38.6 Å². The van der Waals surface area contributed by atoms with E-state index in [9.17, 15) is 4.79 Å². The summed E-state index contributed by atoms with van der Waals surface area (Å²) >= 11 is 0. The second-order valence-corrected chi connectivity index (χ2v) is 4.98. The highest BCUT2D eigenvalue weighted by atomic mass is 16.2. The molecule has 21 heavy (non-hydrogen) atoms. The van der Waals surface area contributed by atoms with Gasteiger partial charge in [0.25, 0.3) is 0 Å². The van der Waals surface area contributed by atoms with Gasteiger partial charge in [-0.3, -0.25) is 5.10 Å². The number of H-pyrrole nitrogens is 1. The molecule has 1 aromatic carbocycles. The van der Waals surface area contributed by atoms with Crippen LogP contribution in [0.5, 0.6) is 0 Å². The Balaban J connectivity index is 1.90. The average molecular weight is 287 g/mol. The Kier molecular flexibility index (Phi) is 4.94. The second-order valence-electron chi connectivity index (χ2n) is 4.98. The fourth-order valence-corrected chi connectivity index (χ4v) is 1.97. The number of carbonyl (C=O) groups excluding carboxylic acids is 1. The van der Waals surface area contributed by atoms with E-state index in [4.69, 9.17) is 0 Å². The maximum atomic E-state index is 11.9. The number of hydrogen-bond acceptors (Lipinski definition) is 3. The largest absolute Gasteiger partial charge is 0.331 e. The zero-order valence-corrected chi connectivity index (χ0v) is 12.5. The van der Waals surface area contributed by atoms with Crippen molar-refractivity contribution < 1.29 is 4.79 Å². The number of nitrogens with one attached hydrogen (secondary N) is 4. The minimum Gasteiger partial charge on any atom is -0.331 e. The van der Waals surface area contributed by atoms with Gasteiger partial charge in [-0.1, -0.05) is 12.1 Å². The van der Waals surface area contributed by atoms with Gasteiger partial charge in [0, 0.05) is 23.5 Å². The average Bonchev–Trinajstić information content (AvgIpc) is 3.01. The minimum atomic E-state index is -0.238. The van der Waals surface area contributed by atoms with E-state index in [1.165, 1.54) is 5.56 Å². The molecule has 2 rings (SSSR count). The highest BCUT2D eigenvalue weighted by Crippen LogP contribution is 2.16. The summed E-state index contributed by atoms with van der Waals surface area (Å²) in [6, 6.07) is 7.72. The van der Waals surface area contributed by atoms with Crippen molar-refractivity contribution in [2.24, 2.45) is 0 Å². The molecule has 0 aliphatic rings. The van der Waals surface area contributed by atoms with Gasteiger partial charge >= 0.3 is 6.03 Å². The molecule has 0 aliphatic heterocycles. The van der Waals surface area contributed by atoms with Crippen LogP contribution in [0.25, 0.3) is 0 Å². The SMILES string of the molecule is CNC(C)c1ccc(NC(=O)NC(C)c2cn[nH]c2)cc1. The summed E-state index contributed by atoms with van der Waals surface area (Å²) < 4.78 is 0. The van der Waals surface area contributed by atoms with Crippen LogP contribution in [0.2, 0.25) is 0 Å². The molecule has 1 heterocycles. The van der Waals surface area contributed by atoms with Crippen molar-refractivity contribution in [1.82, 2.24) is 20.8 Å². The van der Waals surface area contributed by atoms with Crippen molar-refractivity contribution in [1.29, 1.82) is 0 Å². The quantitative estimate of drug-likeness (QED) is 0.682. The maximum absolute atomic E-state index is 11.9. The molecule has 6 nitrogen and oxygen atoms in total. The van der Waals surface area contributed by atoms with Crippen molar-refractivity contribution in [2.45, 2.75) is 25.9 Å². The zero-order chi connectivity index (χ0) is 15.2. The van der Waals surface area contributed by atoms with Gasteiger partial charge in [-0.15, -0.1) is 0 Å². The van der Waals surface area contributed by atoms with Crippen molar-refractivity contribution in [3.05, 3.63) is 47.8 Å². The van der Waals surface area contributed by atoms with Crippen molar-refractivity contribution in [3.63, 3.8) is 0 Å². The van der Waals surface area contributed by atoms with Crippen LogP contribution in [-0.2, 0) is 0 Å². The van der Waals surface area contributed by atoms with Gasteiger partial charge in [0.1, 0.15) is 0 Å². The lowest BCUT2D eigenvalue weighted by Gasteiger charge is -2.14. The third-order valence-corrected chi connectivity index (χ3v) is 3.47. The van der Waals surface area contributed by atoms with E-state index in [1.807, 2.05) is 38.2 Å². The number of urea groups is 1. The number of benzene rings is 1. The summed E-state index contributed by atoms with van der Waals surface area (Å²) in [6.45, 7) is 3.99. The second kappa shape index (κ2) is 6.90. The predicted molar refractivity (Wildman–Crippen MR) is 83.1 cm³/mol. The first-order valence-electron chi connectivity index (χ1n) is 6.93. The molecule has 0 aliphatic carbocycles. The van der Waals surface area contributed by atoms with Crippen molar-refractivity contribution in [2.75, 3.05) is 12.4 Å². The molecule has 2 amide bonds. The van der Waals surface area contributed by atoms with Crippen molar-refractivity contribution >= 4 is 11.7 Å². The van der Waals surface area contributed by atoms with Gasteiger partial charge < -0.3 is 16.0 Å². The molecule has 0 fully saturated rings. The third kappa shape index (κ3) is 4.06. The summed E-state index contributed by atoms with van der Waals surface area (Å²) in [4.78, 5) is 11.9. The van der Waals surface area contributed by atoms with Gasteiger partial charge in [0.15, 0.2) is 0 Å². The highest BCUT2D eigenvalue weighted by molar-refractivity contribution is 5.89. The Morgan fingerprint density at radius 1 is 1.14 bits per heavy atom. The Labute approximate surface area is 124 Å². The lowest BCUT2D eigenvalue weighted by atomic mass is 10.1. The van der Waals surface area contributed by atoms with Crippen LogP contribution >= 0.6 is 0 Å². The van der Waals surface area contributed by atoms with Crippen molar-refractivity contribution in [3.8, 4) is 0 Å². The van der Waals surface area contributed by atoms with Gasteiger partial charge in [-0.2, -0.15) is 5.10 Å². The minimum absolute atomic E-state index is 0.104. The fraction of sp³-hybridized carbons (Fsp3) is 0.333. The number of aromatic nitrogens is 2. The first kappa shape index (κ1) is 15.1. The number of anilines is 1. The molecule has 1 aromatic heterocycles. The smallest absolute Gasteiger partial charge is 0.319 e. The molecular weight excluding hydrogens is 266 g/mol. The lowest BCUT2D eigenvalue weighted by molar-refractivity contribution is 0.249. The molecule has 2 atom stereocenters. The van der Waals surface area contributed by atoms with Crippen LogP contribution < -0.4 is 16.0 Å². The number of carbonyl (C=O) groups is 1. The zero-order valence-electron chi connectivity index (χ0n) is 12.5. The summed E-state index contributed by atoms with van der Waals surface area (Å²) in [5, 5.41) is 15.4. The Morgan fingerprint density at radius 2 is 1.86 bits per heavy atom. The van der Waals surface area contributed by atoms with Crippen LogP contribution in [0.3, 0.4) is 0 Å². The number of aromatic amines is 1. The van der Waals surface area contributed by atoms with Gasteiger partial charge in [-0.25, -0.2) is 4.79 Å². The van der Waals surface area contributed by atoms with E-state index < -0.39 is 0 Å². The Morgan fingerprint density at radius 3 is 2.43 bits per heavy atom. The number of amides is 2. The first-order valence-corrected chi connectivity index (χ1v) is 6.93. The molecule has 6 heteroatoms. The summed E-state index contributed by atoms with van der Waals surface area (Å²) in [6.07, 6.45) is 3.46. The lowest BCUT2D eigenvalue weighted by Crippen LogP contribution is -2.31. The van der Waals surface area contributed by atoms with E-state index in [0.717, 1.165) is 11.3 Å². The molecule has 0 saturated carbocycles. The molecular formula is C15H21N5O. The monoisotopic (exact) mass is 287 g/mol. The number of hydrogen-bond donors (Lipinski definition) is 4. The van der Waals surface area contributed by atoms with E-state index >= 15 is 0 Å². The number of rotatable bonds is 5. The van der Waals surface area contributed by atoms with E-state index in [1.54, 1.807) is 12.4 Å². The summed E-state index contributed by atoms with van der Waals surface area (Å²) in [7, 11) is 1.92. The number of nitrogens with zero attached hydrogens (tertiary/aromatic N) is 1. The topological polar surface area (TPSA) is 81.8 Å². The summed E-state index contributed by atoms with van der Waals surface area (Å²) in [5.41, 5.74) is 2.87. The van der Waals surface area contributed by atoms with Crippen LogP contribution in [0.4, 0.5) is 10.5 Å². The normalized spacial score (nSPS) is 13.5. The molecule has 2 aromatic rings. The Hall–Kier alpha value is -2.34. The van der Waals surface area contributed by atoms with Crippen LogP contribution in [-0.4, -0.2) is 23.3 Å². The third-order valence-electron chi connectivity index (χ3n) is 3.47. The molecule has 112 valence electrons. The molecule has 0 saturated heterocycles. The maximum Gasteiger partial charge on any atom is 0.319 e. The molecule has 0 radical (unpaired) electrons. The molecule has 2 unspecified atom stereocenters. The standard InChI is InChI=1S/C15H21N5O/c1-10(16-3)12-4-6-14(7-5-12)20-15(21)19-11(2)13-8-17-18-9-13/h4-11,16H,1-3H3,(H,17,18)(H2,19,20,21). The van der Waals surface area contributed by atoms with Crippen LogP contribution in [0.1, 0.15) is 37.1 Å². The predicted octanol–water partition coefficient (Wildman–Crippen LogP) is 2.57. The van der Waals surface area contributed by atoms with E-state index in [2.05, 4.69) is 33.1 Å². The van der Waals surface area contributed by atoms with Gasteiger partial charge in [0.05, 0.1) is 12.2 Å². The fourth-order valence-electron chi connectivity index (χ4n) is 1.97. The molecule has 0 bridgehead atoms. The first-order chi connectivity index (χ1) is 10.1. The van der Waals surface area contributed by atoms with E-state index in [0.29, 0.717) is 0 Å². The molecule has 4 N–H and O–H groups in total. The van der Waals surface area contributed by atoms with E-state index in [-0.39, 0.29) is 18.1 Å². The van der Waals surface area contributed by atoms with Crippen LogP contribution in [0.15, 0.2) is 36.7 Å². The summed E-state index contributed by atoms with van der Waals surface area (Å²) in [5.74, 6) is 0. The van der Waals surface area contributed by atoms with Gasteiger partial charge in [0.2, 0.25) is 0 Å².